The van der Waals surface area contributed by atoms with Crippen LogP contribution in [0.3, 0.4) is 0 Å². The summed E-state index contributed by atoms with van der Waals surface area (Å²) in [4.78, 5) is 25.0. The third-order valence-electron chi connectivity index (χ3n) is 4.45. The Bertz CT molecular complexity index is 1110. The van der Waals surface area contributed by atoms with E-state index in [1.807, 2.05) is 0 Å². The number of carbonyl (C=O) groups excluding carboxylic acids is 2. The minimum absolute atomic E-state index is 0.0595. The van der Waals surface area contributed by atoms with Crippen LogP contribution in [0.5, 0.6) is 11.5 Å². The molecule has 0 aliphatic heterocycles. The zero-order chi connectivity index (χ0) is 22.4. The number of phenolic OH excluding ortho intramolecular Hbond substituents is 1. The molecule has 0 fully saturated rings. The van der Waals surface area contributed by atoms with Gasteiger partial charge in [-0.15, -0.1) is 0 Å². The highest BCUT2D eigenvalue weighted by molar-refractivity contribution is 6.30. The van der Waals surface area contributed by atoms with E-state index < -0.39 is 11.5 Å². The summed E-state index contributed by atoms with van der Waals surface area (Å²) in [5, 5.41) is 14.1. The van der Waals surface area contributed by atoms with Crippen molar-refractivity contribution in [2.45, 2.75) is 19.4 Å². The van der Waals surface area contributed by atoms with Gasteiger partial charge in [0.25, 0.3) is 5.91 Å². The first-order chi connectivity index (χ1) is 14.8. The molecule has 6 nitrogen and oxygen atoms in total. The topological polar surface area (TPSA) is 88.0 Å². The molecule has 31 heavy (non-hydrogen) atoms. The fraction of sp³-hybridized carbons (Fsp3) is 0.125. The van der Waals surface area contributed by atoms with Gasteiger partial charge in [0.1, 0.15) is 11.5 Å². The first-order valence-electron chi connectivity index (χ1n) is 9.47. The average molecular weight is 437 g/mol. The van der Waals surface area contributed by atoms with Crippen molar-refractivity contribution in [2.24, 2.45) is 5.10 Å². The number of ether oxygens (including phenoxy) is 1. The van der Waals surface area contributed by atoms with E-state index in [1.54, 1.807) is 80.6 Å². The molecule has 158 valence electrons. The molecule has 2 N–H and O–H groups in total. The Kier molecular flexibility index (Phi) is 6.72. The van der Waals surface area contributed by atoms with Crippen LogP contribution >= 0.6 is 11.6 Å². The monoisotopic (exact) mass is 436 g/mol. The van der Waals surface area contributed by atoms with Crippen LogP contribution < -0.4 is 10.2 Å². The molecule has 3 rings (SSSR count). The summed E-state index contributed by atoms with van der Waals surface area (Å²) >= 11 is 5.86. The van der Waals surface area contributed by atoms with Crippen LogP contribution in [0.1, 0.15) is 35.3 Å². The zero-order valence-electron chi connectivity index (χ0n) is 17.0. The van der Waals surface area contributed by atoms with Gasteiger partial charge in [0.2, 0.25) is 0 Å². The maximum absolute atomic E-state index is 12.5. The number of para-hydroxylation sites is 1. The highest BCUT2D eigenvalue weighted by Gasteiger charge is 2.30. The molecule has 0 aliphatic rings. The number of hydrazone groups is 1. The fourth-order valence-corrected chi connectivity index (χ4v) is 2.80. The Morgan fingerprint density at radius 2 is 1.55 bits per heavy atom. The van der Waals surface area contributed by atoms with Crippen molar-refractivity contribution >= 4 is 29.5 Å². The maximum atomic E-state index is 12.5. The van der Waals surface area contributed by atoms with Crippen molar-refractivity contribution in [3.8, 4) is 11.5 Å². The summed E-state index contributed by atoms with van der Waals surface area (Å²) < 4.78 is 5.78. The van der Waals surface area contributed by atoms with Gasteiger partial charge in [-0.1, -0.05) is 23.7 Å². The van der Waals surface area contributed by atoms with Crippen molar-refractivity contribution in [3.05, 3.63) is 94.5 Å². The molecule has 0 radical (unpaired) electrons. The molecule has 0 aromatic heterocycles. The second-order valence-electron chi connectivity index (χ2n) is 7.23. The number of nitrogens with one attached hydrogen (secondary N) is 1. The van der Waals surface area contributed by atoms with Crippen molar-refractivity contribution in [1.82, 2.24) is 5.43 Å². The van der Waals surface area contributed by atoms with Crippen LogP contribution in [0.25, 0.3) is 0 Å². The normalized spacial score (nSPS) is 11.3. The van der Waals surface area contributed by atoms with E-state index in [2.05, 4.69) is 10.5 Å². The minimum atomic E-state index is -1.22. The minimum Gasteiger partial charge on any atom is -0.507 e. The number of hydrogen-bond acceptors (Lipinski definition) is 5. The Morgan fingerprint density at radius 1 is 0.968 bits per heavy atom. The molecule has 7 heteroatoms. The molecule has 3 aromatic carbocycles. The third-order valence-corrected chi connectivity index (χ3v) is 4.70. The number of carbonyl (C=O) groups is 2. The van der Waals surface area contributed by atoms with E-state index in [-0.39, 0.29) is 11.5 Å². The van der Waals surface area contributed by atoms with Gasteiger partial charge in [-0.2, -0.15) is 5.10 Å². The average Bonchev–Trinajstić information content (AvgIpc) is 2.75. The second-order valence-corrected chi connectivity index (χ2v) is 7.67. The first-order valence-corrected chi connectivity index (χ1v) is 9.85. The van der Waals surface area contributed by atoms with Crippen molar-refractivity contribution < 1.29 is 19.4 Å². The largest absolute Gasteiger partial charge is 0.507 e. The molecule has 0 atom stereocenters. The highest BCUT2D eigenvalue weighted by Crippen LogP contribution is 2.21. The molecule has 0 spiro atoms. The molecule has 1 amide bonds. The number of nitrogens with zero attached hydrogens (tertiary/aromatic N) is 1. The number of amides is 1. The van der Waals surface area contributed by atoms with Crippen LogP contribution in [-0.2, 0) is 4.79 Å². The van der Waals surface area contributed by atoms with Crippen molar-refractivity contribution in [2.75, 3.05) is 0 Å². The zero-order valence-corrected chi connectivity index (χ0v) is 17.8. The van der Waals surface area contributed by atoms with Gasteiger partial charge in [-0.05, 0) is 74.5 Å². The third kappa shape index (κ3) is 5.71. The van der Waals surface area contributed by atoms with Gasteiger partial charge in [0.15, 0.2) is 11.4 Å². The summed E-state index contributed by atoms with van der Waals surface area (Å²) in [6.45, 7) is 3.20. The summed E-state index contributed by atoms with van der Waals surface area (Å²) in [5.41, 5.74) is 2.67. The van der Waals surface area contributed by atoms with Crippen LogP contribution in [0, 0.1) is 0 Å². The van der Waals surface area contributed by atoms with Crippen LogP contribution in [0.15, 0.2) is 77.9 Å². The number of halogens is 1. The predicted octanol–water partition coefficient (Wildman–Crippen LogP) is 4.58. The summed E-state index contributed by atoms with van der Waals surface area (Å²) in [6.07, 6.45) is 1.35. The maximum Gasteiger partial charge on any atom is 0.283 e. The van der Waals surface area contributed by atoms with Gasteiger partial charge < -0.3 is 9.84 Å². The molecule has 0 aliphatic carbocycles. The Morgan fingerprint density at radius 3 is 2.16 bits per heavy atom. The van der Waals surface area contributed by atoms with Gasteiger partial charge in [0.05, 0.1) is 6.21 Å². The predicted molar refractivity (Wildman–Crippen MR) is 120 cm³/mol. The van der Waals surface area contributed by atoms with Crippen LogP contribution in [0.4, 0.5) is 0 Å². The smallest absolute Gasteiger partial charge is 0.283 e. The first kappa shape index (κ1) is 22.1. The lowest BCUT2D eigenvalue weighted by molar-refractivity contribution is -0.134. The van der Waals surface area contributed by atoms with Gasteiger partial charge >= 0.3 is 0 Å². The summed E-state index contributed by atoms with van der Waals surface area (Å²) in [5.74, 6) is -0.124. The quantitative estimate of drug-likeness (QED) is 0.322. The summed E-state index contributed by atoms with van der Waals surface area (Å²) in [6, 6.07) is 19.8. The molecule has 0 heterocycles. The number of ketones is 1. The SMILES string of the molecule is CC(C)(Oc1ccc(C(=O)c2ccc(Cl)cc2)cc1)C(=O)N/N=C/c1ccccc1O. The lowest BCUT2D eigenvalue weighted by Gasteiger charge is -2.24. The second kappa shape index (κ2) is 9.45. The molecular formula is C24H21ClN2O4. The van der Waals surface area contributed by atoms with E-state index in [9.17, 15) is 14.7 Å². The Hall–Kier alpha value is -3.64. The highest BCUT2D eigenvalue weighted by atomic mass is 35.5. The van der Waals surface area contributed by atoms with Gasteiger partial charge in [-0.3, -0.25) is 9.59 Å². The molecule has 0 saturated carbocycles. The van der Waals surface area contributed by atoms with E-state index in [0.717, 1.165) is 0 Å². The molecule has 0 unspecified atom stereocenters. The van der Waals surface area contributed by atoms with E-state index in [1.165, 1.54) is 12.3 Å². The lowest BCUT2D eigenvalue weighted by Crippen LogP contribution is -2.44. The number of hydrogen-bond donors (Lipinski definition) is 2. The molecule has 0 saturated heterocycles. The molecule has 0 bridgehead atoms. The van der Waals surface area contributed by atoms with Crippen LogP contribution in [0.2, 0.25) is 5.02 Å². The van der Waals surface area contributed by atoms with Crippen LogP contribution in [-0.4, -0.2) is 28.6 Å². The van der Waals surface area contributed by atoms with E-state index in [0.29, 0.717) is 27.5 Å². The number of benzene rings is 3. The van der Waals surface area contributed by atoms with E-state index in [4.69, 9.17) is 16.3 Å². The Balaban J connectivity index is 1.62. The van der Waals surface area contributed by atoms with Gasteiger partial charge in [-0.25, -0.2) is 5.43 Å². The number of rotatable bonds is 7. The molecule has 3 aromatic rings. The van der Waals surface area contributed by atoms with Crippen molar-refractivity contribution in [1.29, 1.82) is 0 Å². The number of aromatic hydroxyl groups is 1. The lowest BCUT2D eigenvalue weighted by atomic mass is 10.0. The fourth-order valence-electron chi connectivity index (χ4n) is 2.68. The standard InChI is InChI=1S/C24H21ClN2O4/c1-24(2,23(30)27-26-15-18-5-3-4-6-21(18)28)31-20-13-9-17(10-14-20)22(29)16-7-11-19(25)12-8-16/h3-15,28H,1-2H3,(H,27,30)/b26-15+. The molecular weight excluding hydrogens is 416 g/mol. The summed E-state index contributed by atoms with van der Waals surface area (Å²) in [7, 11) is 0. The number of phenols is 1. The van der Waals surface area contributed by atoms with Crippen molar-refractivity contribution in [3.63, 3.8) is 0 Å². The van der Waals surface area contributed by atoms with Gasteiger partial charge in [0, 0.05) is 21.7 Å². The van der Waals surface area contributed by atoms with E-state index >= 15 is 0 Å². The Labute approximate surface area is 185 Å².